The van der Waals surface area contributed by atoms with Crippen molar-refractivity contribution >= 4 is 21.4 Å². The standard InChI is InChI=1S/C19H21NO4S/c1-12-5-7-16(8-6-12)25(22,23)20-9-17(14(3)21)13(2)19-11-24-15(4)18(19)10-20/h5-8,11H,9-10H2,1-4H3. The number of hydrogen-bond donors (Lipinski definition) is 0. The number of hydrogen-bond acceptors (Lipinski definition) is 4. The highest BCUT2D eigenvalue weighted by Gasteiger charge is 2.32. The first-order chi connectivity index (χ1) is 11.7. The maximum Gasteiger partial charge on any atom is 0.243 e. The molecule has 132 valence electrons. The van der Waals surface area contributed by atoms with Crippen LogP contribution in [0.5, 0.6) is 0 Å². The first-order valence-corrected chi connectivity index (χ1v) is 9.50. The van der Waals surface area contributed by atoms with Gasteiger partial charge in [0.05, 0.1) is 11.2 Å². The van der Waals surface area contributed by atoms with Gasteiger partial charge in [-0.15, -0.1) is 0 Å². The second-order valence-corrected chi connectivity index (χ2v) is 8.37. The summed E-state index contributed by atoms with van der Waals surface area (Å²) >= 11 is 0. The van der Waals surface area contributed by atoms with E-state index in [1.165, 1.54) is 11.2 Å². The van der Waals surface area contributed by atoms with E-state index < -0.39 is 10.0 Å². The van der Waals surface area contributed by atoms with Crippen LogP contribution in [0.2, 0.25) is 0 Å². The Morgan fingerprint density at radius 1 is 1.08 bits per heavy atom. The molecule has 5 nitrogen and oxygen atoms in total. The van der Waals surface area contributed by atoms with Crippen LogP contribution in [-0.4, -0.2) is 25.1 Å². The number of Topliss-reactive ketones (excluding diaryl/α,β-unsaturated/α-hetero) is 1. The Morgan fingerprint density at radius 2 is 1.72 bits per heavy atom. The molecule has 1 aromatic carbocycles. The highest BCUT2D eigenvalue weighted by Crippen LogP contribution is 2.33. The quantitative estimate of drug-likeness (QED) is 0.842. The molecule has 2 aromatic rings. The molecule has 0 radical (unpaired) electrons. The fraction of sp³-hybridized carbons (Fsp3) is 0.316. The zero-order valence-corrected chi connectivity index (χ0v) is 15.6. The van der Waals surface area contributed by atoms with E-state index in [2.05, 4.69) is 0 Å². The van der Waals surface area contributed by atoms with E-state index in [4.69, 9.17) is 4.42 Å². The smallest absolute Gasteiger partial charge is 0.243 e. The van der Waals surface area contributed by atoms with Crippen molar-refractivity contribution in [1.29, 1.82) is 0 Å². The summed E-state index contributed by atoms with van der Waals surface area (Å²) in [6.07, 6.45) is 1.60. The van der Waals surface area contributed by atoms with Crippen molar-refractivity contribution in [3.8, 4) is 0 Å². The summed E-state index contributed by atoms with van der Waals surface area (Å²) in [6.45, 7) is 7.26. The molecule has 6 heteroatoms. The van der Waals surface area contributed by atoms with Crippen molar-refractivity contribution < 1.29 is 17.6 Å². The van der Waals surface area contributed by atoms with E-state index in [-0.39, 0.29) is 23.8 Å². The lowest BCUT2D eigenvalue weighted by Gasteiger charge is -2.21. The summed E-state index contributed by atoms with van der Waals surface area (Å²) < 4.78 is 33.1. The van der Waals surface area contributed by atoms with Crippen molar-refractivity contribution in [1.82, 2.24) is 4.31 Å². The van der Waals surface area contributed by atoms with Gasteiger partial charge < -0.3 is 4.42 Å². The summed E-state index contributed by atoms with van der Waals surface area (Å²) in [4.78, 5) is 12.3. The molecule has 0 amide bonds. The van der Waals surface area contributed by atoms with Gasteiger partial charge in [0.1, 0.15) is 5.76 Å². The largest absolute Gasteiger partial charge is 0.469 e. The number of carbonyl (C=O) groups excluding carboxylic acids is 1. The van der Waals surface area contributed by atoms with Gasteiger partial charge in [0, 0.05) is 29.8 Å². The molecule has 25 heavy (non-hydrogen) atoms. The zero-order valence-electron chi connectivity index (χ0n) is 14.8. The number of sulfonamides is 1. The zero-order chi connectivity index (χ0) is 18.4. The third kappa shape index (κ3) is 3.07. The Balaban J connectivity index is 2.13. The van der Waals surface area contributed by atoms with Gasteiger partial charge in [-0.2, -0.15) is 4.31 Å². The van der Waals surface area contributed by atoms with Crippen molar-refractivity contribution in [3.63, 3.8) is 0 Å². The van der Waals surface area contributed by atoms with Gasteiger partial charge in [-0.25, -0.2) is 8.42 Å². The molecule has 1 aromatic heterocycles. The molecular weight excluding hydrogens is 338 g/mol. The number of aryl methyl sites for hydroxylation is 2. The number of rotatable bonds is 3. The lowest BCUT2D eigenvalue weighted by atomic mass is 9.99. The number of ketones is 1. The molecule has 0 atom stereocenters. The second kappa shape index (κ2) is 6.28. The Morgan fingerprint density at radius 3 is 2.32 bits per heavy atom. The maximum absolute atomic E-state index is 13.1. The molecule has 1 aliphatic rings. The highest BCUT2D eigenvalue weighted by molar-refractivity contribution is 7.89. The van der Waals surface area contributed by atoms with E-state index in [0.717, 1.165) is 22.3 Å². The maximum atomic E-state index is 13.1. The minimum absolute atomic E-state index is 0.0610. The monoisotopic (exact) mass is 359 g/mol. The average Bonchev–Trinajstić information content (AvgIpc) is 2.83. The average molecular weight is 359 g/mol. The molecule has 0 saturated carbocycles. The van der Waals surface area contributed by atoms with Gasteiger partial charge in [-0.05, 0) is 45.4 Å². The minimum Gasteiger partial charge on any atom is -0.469 e. The molecule has 0 aliphatic carbocycles. The van der Waals surface area contributed by atoms with Crippen LogP contribution in [-0.2, 0) is 21.4 Å². The molecule has 0 N–H and O–H groups in total. The SMILES string of the molecule is CC(=O)C1=C(C)c2coc(C)c2CN(S(=O)(=O)c2ccc(C)cc2)C1. The van der Waals surface area contributed by atoms with Crippen LogP contribution in [0.25, 0.3) is 5.57 Å². The summed E-state index contributed by atoms with van der Waals surface area (Å²) in [5.41, 5.74) is 3.88. The number of benzene rings is 1. The predicted molar refractivity (Wildman–Crippen MR) is 95.5 cm³/mol. The Hall–Kier alpha value is -2.18. The van der Waals surface area contributed by atoms with Crippen LogP contribution in [0.1, 0.15) is 36.3 Å². The molecule has 0 spiro atoms. The summed E-state index contributed by atoms with van der Waals surface area (Å²) in [7, 11) is -3.72. The van der Waals surface area contributed by atoms with Gasteiger partial charge in [0.15, 0.2) is 5.78 Å². The third-order valence-electron chi connectivity index (χ3n) is 4.71. The molecule has 1 aliphatic heterocycles. The van der Waals surface area contributed by atoms with E-state index in [9.17, 15) is 13.2 Å². The second-order valence-electron chi connectivity index (χ2n) is 6.43. The lowest BCUT2D eigenvalue weighted by molar-refractivity contribution is -0.113. The van der Waals surface area contributed by atoms with Crippen LogP contribution in [0.15, 0.2) is 45.4 Å². The van der Waals surface area contributed by atoms with Crippen LogP contribution in [0.3, 0.4) is 0 Å². The number of furan rings is 1. The molecular formula is C19H21NO4S. The number of nitrogens with zero attached hydrogens (tertiary/aromatic N) is 1. The predicted octanol–water partition coefficient (Wildman–Crippen LogP) is 3.46. The molecule has 3 rings (SSSR count). The summed E-state index contributed by atoms with van der Waals surface area (Å²) in [5, 5.41) is 0. The Bertz CT molecular complexity index is 965. The van der Waals surface area contributed by atoms with Crippen molar-refractivity contribution in [2.45, 2.75) is 39.1 Å². The van der Waals surface area contributed by atoms with Crippen LogP contribution in [0, 0.1) is 13.8 Å². The van der Waals surface area contributed by atoms with E-state index in [0.29, 0.717) is 11.3 Å². The lowest BCUT2D eigenvalue weighted by Crippen LogP contribution is -2.33. The van der Waals surface area contributed by atoms with Crippen LogP contribution >= 0.6 is 0 Å². The van der Waals surface area contributed by atoms with Gasteiger partial charge in [0.25, 0.3) is 0 Å². The van der Waals surface area contributed by atoms with Crippen molar-refractivity contribution in [2.75, 3.05) is 6.54 Å². The van der Waals surface area contributed by atoms with Gasteiger partial charge in [-0.3, -0.25) is 4.79 Å². The Labute approximate surface area is 148 Å². The fourth-order valence-electron chi connectivity index (χ4n) is 3.08. The summed E-state index contributed by atoms with van der Waals surface area (Å²) in [6, 6.07) is 6.74. The van der Waals surface area contributed by atoms with Crippen LogP contribution in [0.4, 0.5) is 0 Å². The molecule has 0 bridgehead atoms. The topological polar surface area (TPSA) is 67.6 Å². The van der Waals surface area contributed by atoms with Crippen LogP contribution < -0.4 is 0 Å². The Kier molecular flexibility index (Phi) is 4.43. The van der Waals surface area contributed by atoms with Crippen molar-refractivity contribution in [3.05, 3.63) is 58.6 Å². The highest BCUT2D eigenvalue weighted by atomic mass is 32.2. The first kappa shape index (κ1) is 17.6. The molecule has 0 saturated heterocycles. The first-order valence-electron chi connectivity index (χ1n) is 8.06. The molecule has 2 heterocycles. The van der Waals surface area contributed by atoms with Crippen molar-refractivity contribution in [2.24, 2.45) is 0 Å². The van der Waals surface area contributed by atoms with Gasteiger partial charge in [-0.1, -0.05) is 17.7 Å². The van der Waals surface area contributed by atoms with E-state index in [1.54, 1.807) is 30.5 Å². The van der Waals surface area contributed by atoms with Gasteiger partial charge >= 0.3 is 0 Å². The normalized spacial score (nSPS) is 15.8. The van der Waals surface area contributed by atoms with E-state index >= 15 is 0 Å². The van der Waals surface area contributed by atoms with E-state index in [1.807, 2.05) is 20.8 Å². The molecule has 0 fully saturated rings. The third-order valence-corrected chi connectivity index (χ3v) is 6.52. The van der Waals surface area contributed by atoms with Gasteiger partial charge in [0.2, 0.25) is 10.0 Å². The number of fused-ring (bicyclic) bond motifs is 1. The fourth-order valence-corrected chi connectivity index (χ4v) is 4.46. The number of allylic oxidation sites excluding steroid dienone is 1. The minimum atomic E-state index is -3.72. The molecule has 0 unspecified atom stereocenters. The summed E-state index contributed by atoms with van der Waals surface area (Å²) in [5.74, 6) is 0.538. The number of carbonyl (C=O) groups is 1.